The Bertz CT molecular complexity index is 330. The number of hydrogen-bond donors (Lipinski definition) is 2. The molecule has 0 fully saturated rings. The predicted octanol–water partition coefficient (Wildman–Crippen LogP) is 1.66. The highest BCUT2D eigenvalue weighted by atomic mass is 16.5. The van der Waals surface area contributed by atoms with Gasteiger partial charge in [0.25, 0.3) is 0 Å². The number of nitrogens with one attached hydrogen (secondary N) is 1. The molecule has 1 atom stereocenters. The summed E-state index contributed by atoms with van der Waals surface area (Å²) in [6.07, 6.45) is 2.68. The lowest BCUT2D eigenvalue weighted by atomic mass is 10.0. The molecule has 0 spiro atoms. The minimum atomic E-state index is 0.201. The monoisotopic (exact) mass is 238 g/mol. The molecule has 0 radical (unpaired) electrons. The molecular weight excluding hydrogens is 216 g/mol. The molecule has 1 unspecified atom stereocenters. The van der Waals surface area contributed by atoms with Crippen LogP contribution in [0.2, 0.25) is 0 Å². The zero-order valence-electron chi connectivity index (χ0n) is 10.8. The molecule has 0 aromatic carbocycles. The van der Waals surface area contributed by atoms with Gasteiger partial charge < -0.3 is 15.8 Å². The average molecular weight is 238 g/mol. The third-order valence-electron chi connectivity index (χ3n) is 2.30. The molecule has 0 aliphatic heterocycles. The number of rotatable bonds is 7. The maximum Gasteiger partial charge on any atom is 0.226 e. The first-order valence-electron chi connectivity index (χ1n) is 6.08. The molecule has 1 rings (SSSR count). The number of hydrogen-bond acceptors (Lipinski definition) is 5. The lowest BCUT2D eigenvalue weighted by molar-refractivity contribution is 0.326. The molecule has 17 heavy (non-hydrogen) atoms. The second kappa shape index (κ2) is 7.06. The van der Waals surface area contributed by atoms with Gasteiger partial charge in [-0.15, -0.1) is 0 Å². The van der Waals surface area contributed by atoms with Gasteiger partial charge in [0, 0.05) is 24.8 Å². The summed E-state index contributed by atoms with van der Waals surface area (Å²) < 4.78 is 5.32. The number of aromatic nitrogens is 2. The highest BCUT2D eigenvalue weighted by molar-refractivity contribution is 5.28. The summed E-state index contributed by atoms with van der Waals surface area (Å²) in [5.41, 5.74) is 5.72. The molecule has 96 valence electrons. The van der Waals surface area contributed by atoms with Crippen LogP contribution in [0.5, 0.6) is 5.88 Å². The summed E-state index contributed by atoms with van der Waals surface area (Å²) in [6, 6.07) is 1.95. The molecular formula is C12H22N4O. The Morgan fingerprint density at radius 3 is 2.82 bits per heavy atom. The van der Waals surface area contributed by atoms with Crippen LogP contribution in [-0.2, 0) is 0 Å². The van der Waals surface area contributed by atoms with Crippen molar-refractivity contribution in [2.24, 2.45) is 11.7 Å². The Balaban J connectivity index is 2.62. The van der Waals surface area contributed by atoms with Crippen LogP contribution in [0, 0.1) is 5.92 Å². The normalized spacial score (nSPS) is 12.5. The van der Waals surface area contributed by atoms with Crippen LogP contribution in [0.15, 0.2) is 12.3 Å². The van der Waals surface area contributed by atoms with E-state index in [0.717, 1.165) is 6.42 Å². The molecule has 0 saturated carbocycles. The standard InChI is InChI=1S/C12H22N4O/c1-4-17-11-5-6-14-12(16-11)15-10(8-13)7-9(2)3/h5-6,9-10H,4,7-8,13H2,1-3H3,(H,14,15,16). The highest BCUT2D eigenvalue weighted by Crippen LogP contribution is 2.12. The van der Waals surface area contributed by atoms with Crippen LogP contribution in [0.3, 0.4) is 0 Å². The van der Waals surface area contributed by atoms with E-state index in [1.54, 1.807) is 12.3 Å². The predicted molar refractivity (Wildman–Crippen MR) is 69.1 cm³/mol. The van der Waals surface area contributed by atoms with E-state index in [2.05, 4.69) is 29.1 Å². The van der Waals surface area contributed by atoms with Crippen LogP contribution in [0.1, 0.15) is 27.2 Å². The Morgan fingerprint density at radius 1 is 1.47 bits per heavy atom. The van der Waals surface area contributed by atoms with Crippen LogP contribution >= 0.6 is 0 Å². The molecule has 0 aliphatic rings. The molecule has 5 heteroatoms. The van der Waals surface area contributed by atoms with E-state index < -0.39 is 0 Å². The number of nitrogens with two attached hydrogens (primary N) is 1. The van der Waals surface area contributed by atoms with Crippen molar-refractivity contribution in [1.82, 2.24) is 9.97 Å². The van der Waals surface area contributed by atoms with E-state index in [-0.39, 0.29) is 6.04 Å². The second-order valence-electron chi connectivity index (χ2n) is 4.36. The van der Waals surface area contributed by atoms with E-state index in [0.29, 0.717) is 30.9 Å². The summed E-state index contributed by atoms with van der Waals surface area (Å²) >= 11 is 0. The summed E-state index contributed by atoms with van der Waals surface area (Å²) in [4.78, 5) is 8.42. The van der Waals surface area contributed by atoms with Crippen LogP contribution in [-0.4, -0.2) is 29.2 Å². The lowest BCUT2D eigenvalue weighted by Crippen LogP contribution is -2.31. The van der Waals surface area contributed by atoms with Gasteiger partial charge in [0.2, 0.25) is 11.8 Å². The van der Waals surface area contributed by atoms with Crippen molar-refractivity contribution in [3.05, 3.63) is 12.3 Å². The van der Waals surface area contributed by atoms with Crippen molar-refractivity contribution < 1.29 is 4.74 Å². The first kappa shape index (κ1) is 13.7. The fourth-order valence-electron chi connectivity index (χ4n) is 1.61. The fraction of sp³-hybridized carbons (Fsp3) is 0.667. The maximum atomic E-state index is 5.72. The van der Waals surface area contributed by atoms with Crippen LogP contribution < -0.4 is 15.8 Å². The first-order chi connectivity index (χ1) is 8.15. The Kier molecular flexibility index (Phi) is 5.69. The molecule has 0 saturated heterocycles. The van der Waals surface area contributed by atoms with Crippen LogP contribution in [0.25, 0.3) is 0 Å². The summed E-state index contributed by atoms with van der Waals surface area (Å²) in [7, 11) is 0. The third kappa shape index (κ3) is 4.99. The molecule has 3 N–H and O–H groups in total. The zero-order chi connectivity index (χ0) is 12.7. The van der Waals surface area contributed by atoms with Gasteiger partial charge in [-0.2, -0.15) is 4.98 Å². The van der Waals surface area contributed by atoms with E-state index in [9.17, 15) is 0 Å². The van der Waals surface area contributed by atoms with Gasteiger partial charge in [-0.1, -0.05) is 13.8 Å². The lowest BCUT2D eigenvalue weighted by Gasteiger charge is -2.18. The van der Waals surface area contributed by atoms with Crippen molar-refractivity contribution >= 4 is 5.95 Å². The Hall–Kier alpha value is -1.36. The Labute approximate surface area is 103 Å². The van der Waals surface area contributed by atoms with Gasteiger partial charge in [0.05, 0.1) is 6.61 Å². The summed E-state index contributed by atoms with van der Waals surface area (Å²) in [5.74, 6) is 1.75. The molecule has 0 aliphatic carbocycles. The minimum Gasteiger partial charge on any atom is -0.478 e. The van der Waals surface area contributed by atoms with E-state index in [4.69, 9.17) is 10.5 Å². The fourth-order valence-corrected chi connectivity index (χ4v) is 1.61. The molecule has 0 bridgehead atoms. The number of ether oxygens (including phenoxy) is 1. The quantitative estimate of drug-likeness (QED) is 0.755. The molecule has 1 aromatic rings. The van der Waals surface area contributed by atoms with Crippen LogP contribution in [0.4, 0.5) is 5.95 Å². The largest absolute Gasteiger partial charge is 0.478 e. The second-order valence-corrected chi connectivity index (χ2v) is 4.36. The Morgan fingerprint density at radius 2 is 2.24 bits per heavy atom. The molecule has 1 aromatic heterocycles. The van der Waals surface area contributed by atoms with Crippen molar-refractivity contribution in [3.63, 3.8) is 0 Å². The highest BCUT2D eigenvalue weighted by Gasteiger charge is 2.10. The van der Waals surface area contributed by atoms with E-state index >= 15 is 0 Å². The van der Waals surface area contributed by atoms with E-state index in [1.165, 1.54) is 0 Å². The van der Waals surface area contributed by atoms with Crippen molar-refractivity contribution in [1.29, 1.82) is 0 Å². The van der Waals surface area contributed by atoms with Crippen molar-refractivity contribution in [2.75, 3.05) is 18.5 Å². The zero-order valence-corrected chi connectivity index (χ0v) is 10.8. The van der Waals surface area contributed by atoms with Crippen molar-refractivity contribution in [2.45, 2.75) is 33.2 Å². The summed E-state index contributed by atoms with van der Waals surface area (Å²) in [6.45, 7) is 7.43. The SMILES string of the molecule is CCOc1ccnc(NC(CN)CC(C)C)n1. The molecule has 5 nitrogen and oxygen atoms in total. The van der Waals surface area contributed by atoms with Gasteiger partial charge in [-0.25, -0.2) is 4.98 Å². The van der Waals surface area contributed by atoms with Gasteiger partial charge in [-0.3, -0.25) is 0 Å². The first-order valence-corrected chi connectivity index (χ1v) is 6.08. The van der Waals surface area contributed by atoms with Gasteiger partial charge in [-0.05, 0) is 19.3 Å². The molecule has 0 amide bonds. The topological polar surface area (TPSA) is 73.1 Å². The van der Waals surface area contributed by atoms with E-state index in [1.807, 2.05) is 6.92 Å². The molecule has 1 heterocycles. The van der Waals surface area contributed by atoms with Gasteiger partial charge in [0.15, 0.2) is 0 Å². The smallest absolute Gasteiger partial charge is 0.226 e. The van der Waals surface area contributed by atoms with Crippen molar-refractivity contribution in [3.8, 4) is 5.88 Å². The number of anilines is 1. The number of nitrogens with zero attached hydrogens (tertiary/aromatic N) is 2. The summed E-state index contributed by atoms with van der Waals surface area (Å²) in [5, 5.41) is 3.23. The maximum absolute atomic E-state index is 5.72. The third-order valence-corrected chi connectivity index (χ3v) is 2.30. The van der Waals surface area contributed by atoms with Gasteiger partial charge in [0.1, 0.15) is 0 Å². The van der Waals surface area contributed by atoms with Gasteiger partial charge >= 0.3 is 0 Å². The average Bonchev–Trinajstić information content (AvgIpc) is 2.28. The minimum absolute atomic E-state index is 0.201.